The van der Waals surface area contributed by atoms with Crippen molar-refractivity contribution in [1.82, 2.24) is 10.2 Å². The molecule has 0 aromatic heterocycles. The fourth-order valence-corrected chi connectivity index (χ4v) is 4.52. The maximum atomic E-state index is 12.7. The lowest BCUT2D eigenvalue weighted by atomic mass is 9.46. The van der Waals surface area contributed by atoms with E-state index in [1.54, 1.807) is 0 Å². The van der Waals surface area contributed by atoms with Crippen molar-refractivity contribution in [1.29, 1.82) is 0 Å². The van der Waals surface area contributed by atoms with E-state index in [1.165, 1.54) is 12.8 Å². The van der Waals surface area contributed by atoms with Gasteiger partial charge < -0.3 is 20.7 Å². The molecule has 2 saturated heterocycles. The summed E-state index contributed by atoms with van der Waals surface area (Å²) in [7, 11) is 0. The number of hydrogen-bond donors (Lipinski definition) is 2. The number of ether oxygens (including phenoxy) is 1. The molecule has 136 valence electrons. The first kappa shape index (κ1) is 21.0. The number of fused-ring (bicyclic) bond motifs is 1. The third kappa shape index (κ3) is 3.36. The summed E-state index contributed by atoms with van der Waals surface area (Å²) in [5, 5.41) is 3.08. The number of rotatable bonds is 4. The zero-order valence-corrected chi connectivity index (χ0v) is 15.8. The van der Waals surface area contributed by atoms with Gasteiger partial charge in [0.05, 0.1) is 6.10 Å². The predicted molar refractivity (Wildman–Crippen MR) is 96.3 cm³/mol. The maximum absolute atomic E-state index is 12.7. The molecular formula is C16H31Cl2N3O2. The molecular weight excluding hydrogens is 337 g/mol. The van der Waals surface area contributed by atoms with Crippen LogP contribution >= 0.6 is 24.8 Å². The van der Waals surface area contributed by atoms with Crippen LogP contribution in [0.3, 0.4) is 0 Å². The van der Waals surface area contributed by atoms with Gasteiger partial charge in [-0.1, -0.05) is 13.8 Å². The first-order valence-corrected chi connectivity index (χ1v) is 8.39. The molecule has 1 saturated carbocycles. The summed E-state index contributed by atoms with van der Waals surface area (Å²) in [6, 6.07) is 0. The number of carbonyl (C=O) groups excluding carboxylic acids is 1. The lowest BCUT2D eigenvalue weighted by molar-refractivity contribution is -0.225. The molecule has 3 unspecified atom stereocenters. The van der Waals surface area contributed by atoms with Gasteiger partial charge in [0, 0.05) is 31.0 Å². The van der Waals surface area contributed by atoms with Crippen LogP contribution < -0.4 is 11.1 Å². The minimum Gasteiger partial charge on any atom is -0.377 e. The van der Waals surface area contributed by atoms with Gasteiger partial charge in [0.2, 0.25) is 5.91 Å². The summed E-state index contributed by atoms with van der Waals surface area (Å²) >= 11 is 0. The molecule has 5 nitrogen and oxygen atoms in total. The zero-order valence-electron chi connectivity index (χ0n) is 14.2. The minimum absolute atomic E-state index is 0. The van der Waals surface area contributed by atoms with Crippen molar-refractivity contribution in [3.63, 3.8) is 0 Å². The number of halogens is 2. The largest absolute Gasteiger partial charge is 0.377 e. The van der Waals surface area contributed by atoms with Gasteiger partial charge in [-0.25, -0.2) is 0 Å². The van der Waals surface area contributed by atoms with Crippen LogP contribution in [-0.2, 0) is 9.53 Å². The third-order valence-electron chi connectivity index (χ3n) is 5.97. The Morgan fingerprint density at radius 2 is 1.91 bits per heavy atom. The van der Waals surface area contributed by atoms with Crippen LogP contribution in [0.25, 0.3) is 0 Å². The van der Waals surface area contributed by atoms with Crippen molar-refractivity contribution in [2.75, 3.05) is 32.8 Å². The first-order chi connectivity index (χ1) is 9.98. The summed E-state index contributed by atoms with van der Waals surface area (Å²) < 4.78 is 5.86. The highest BCUT2D eigenvalue weighted by Gasteiger charge is 2.70. The Hall–Kier alpha value is -0.0700. The van der Waals surface area contributed by atoms with Gasteiger partial charge >= 0.3 is 0 Å². The number of hydrogen-bond acceptors (Lipinski definition) is 4. The van der Waals surface area contributed by atoms with Crippen molar-refractivity contribution in [2.45, 2.75) is 51.2 Å². The molecule has 23 heavy (non-hydrogen) atoms. The summed E-state index contributed by atoms with van der Waals surface area (Å²) in [6.45, 7) is 8.90. The second kappa shape index (κ2) is 7.87. The van der Waals surface area contributed by atoms with E-state index in [4.69, 9.17) is 10.5 Å². The van der Waals surface area contributed by atoms with E-state index < -0.39 is 5.54 Å². The van der Waals surface area contributed by atoms with Gasteiger partial charge in [-0.05, 0) is 38.8 Å². The highest BCUT2D eigenvalue weighted by Crippen LogP contribution is 2.57. The van der Waals surface area contributed by atoms with Gasteiger partial charge in [0.25, 0.3) is 0 Å². The number of amides is 1. The Labute approximate surface area is 151 Å². The van der Waals surface area contributed by atoms with Gasteiger partial charge in [-0.15, -0.1) is 24.8 Å². The number of carbonyl (C=O) groups is 1. The molecule has 2 heterocycles. The van der Waals surface area contributed by atoms with Crippen molar-refractivity contribution in [2.24, 2.45) is 17.1 Å². The molecule has 3 aliphatic rings. The van der Waals surface area contributed by atoms with E-state index in [9.17, 15) is 4.79 Å². The van der Waals surface area contributed by atoms with Crippen LogP contribution in [0.1, 0.15) is 39.5 Å². The van der Waals surface area contributed by atoms with Crippen molar-refractivity contribution in [3.05, 3.63) is 0 Å². The van der Waals surface area contributed by atoms with Gasteiger partial charge in [0.15, 0.2) is 0 Å². The van der Waals surface area contributed by atoms with Gasteiger partial charge in [-0.3, -0.25) is 4.79 Å². The molecule has 7 heteroatoms. The van der Waals surface area contributed by atoms with E-state index in [0.29, 0.717) is 6.54 Å². The molecule has 0 aromatic rings. The zero-order chi connectivity index (χ0) is 15.1. The van der Waals surface area contributed by atoms with E-state index in [0.717, 1.165) is 39.1 Å². The molecule has 3 N–H and O–H groups in total. The standard InChI is InChI=1S/C16H29N3O2.2ClH/c1-15(2)13-12(6-5-11-21-13)16(15,17)14(20)18-7-10-19-8-3-4-9-19;;/h12-13H,3-11,17H2,1-2H3,(H,18,20);2*1H. The van der Waals surface area contributed by atoms with E-state index >= 15 is 0 Å². The molecule has 3 fully saturated rings. The summed E-state index contributed by atoms with van der Waals surface area (Å²) in [4.78, 5) is 15.1. The number of nitrogens with one attached hydrogen (secondary N) is 1. The lowest BCUT2D eigenvalue weighted by Gasteiger charge is -2.65. The smallest absolute Gasteiger partial charge is 0.241 e. The van der Waals surface area contributed by atoms with Crippen molar-refractivity contribution >= 4 is 30.7 Å². The Bertz CT molecular complexity index is 416. The molecule has 0 aromatic carbocycles. The topological polar surface area (TPSA) is 67.6 Å². The highest BCUT2D eigenvalue weighted by atomic mass is 35.5. The second-order valence-electron chi connectivity index (χ2n) is 7.44. The minimum atomic E-state index is -0.775. The highest BCUT2D eigenvalue weighted by molar-refractivity contribution is 5.89. The molecule has 3 atom stereocenters. The number of nitrogens with two attached hydrogens (primary N) is 1. The number of nitrogens with zero attached hydrogens (tertiary/aromatic N) is 1. The molecule has 1 amide bonds. The van der Waals surface area contributed by atoms with Crippen molar-refractivity contribution in [3.8, 4) is 0 Å². The Balaban J connectivity index is 0.00000132. The maximum Gasteiger partial charge on any atom is 0.241 e. The Morgan fingerprint density at radius 1 is 1.26 bits per heavy atom. The molecule has 2 aliphatic heterocycles. The normalized spacial score (nSPS) is 35.3. The van der Waals surface area contributed by atoms with Crippen molar-refractivity contribution < 1.29 is 9.53 Å². The lowest BCUT2D eigenvalue weighted by Crippen LogP contribution is -2.82. The van der Waals surface area contributed by atoms with E-state index in [-0.39, 0.29) is 48.2 Å². The Kier molecular flexibility index (Phi) is 7.18. The fraction of sp³-hybridized carbons (Fsp3) is 0.938. The third-order valence-corrected chi connectivity index (χ3v) is 5.97. The molecule has 1 aliphatic carbocycles. The average molecular weight is 368 g/mol. The SMILES string of the molecule is CC1(C)C2OCCCC2C1(N)C(=O)NCCN1CCCC1.Cl.Cl. The first-order valence-electron chi connectivity index (χ1n) is 8.39. The van der Waals surface area contributed by atoms with Crippen LogP contribution in [0.5, 0.6) is 0 Å². The Morgan fingerprint density at radius 3 is 2.57 bits per heavy atom. The summed E-state index contributed by atoms with van der Waals surface area (Å²) in [6.07, 6.45) is 4.72. The molecule has 0 radical (unpaired) electrons. The number of likely N-dealkylation sites (tertiary alicyclic amines) is 1. The van der Waals surface area contributed by atoms with Gasteiger partial charge in [-0.2, -0.15) is 0 Å². The summed E-state index contributed by atoms with van der Waals surface area (Å²) in [5.74, 6) is 0.187. The summed E-state index contributed by atoms with van der Waals surface area (Å²) in [5.41, 5.74) is 5.51. The van der Waals surface area contributed by atoms with Crippen LogP contribution in [0, 0.1) is 11.3 Å². The fourth-order valence-electron chi connectivity index (χ4n) is 4.52. The monoisotopic (exact) mass is 367 g/mol. The van der Waals surface area contributed by atoms with Crippen LogP contribution in [-0.4, -0.2) is 55.2 Å². The molecule has 0 spiro atoms. The molecule has 0 bridgehead atoms. The van der Waals surface area contributed by atoms with Crippen LogP contribution in [0.15, 0.2) is 0 Å². The van der Waals surface area contributed by atoms with E-state index in [1.807, 2.05) is 0 Å². The van der Waals surface area contributed by atoms with E-state index in [2.05, 4.69) is 24.1 Å². The van der Waals surface area contributed by atoms with Gasteiger partial charge in [0.1, 0.15) is 5.54 Å². The van der Waals surface area contributed by atoms with Crippen LogP contribution in [0.4, 0.5) is 0 Å². The molecule has 3 rings (SSSR count). The average Bonchev–Trinajstić information content (AvgIpc) is 2.99. The predicted octanol–water partition coefficient (Wildman–Crippen LogP) is 1.57. The second-order valence-corrected chi connectivity index (χ2v) is 7.44. The van der Waals surface area contributed by atoms with Crippen LogP contribution in [0.2, 0.25) is 0 Å². The quantitative estimate of drug-likeness (QED) is 0.791.